The molecule has 0 aliphatic rings. The van der Waals surface area contributed by atoms with Crippen molar-refractivity contribution >= 4 is 29.1 Å². The van der Waals surface area contributed by atoms with Crippen LogP contribution in [0.4, 0.5) is 17.3 Å². The van der Waals surface area contributed by atoms with Crippen LogP contribution in [-0.4, -0.2) is 28.5 Å². The second kappa shape index (κ2) is 6.29. The molecule has 0 saturated carbocycles. The molecule has 1 heterocycles. The number of nitro groups is 1. The fourth-order valence-corrected chi connectivity index (χ4v) is 2.03. The highest BCUT2D eigenvalue weighted by molar-refractivity contribution is 7.98. The summed E-state index contributed by atoms with van der Waals surface area (Å²) in [5.41, 5.74) is 5.33. The van der Waals surface area contributed by atoms with Crippen LogP contribution in [0.2, 0.25) is 0 Å². The molecule has 0 amide bonds. The standard InChI is InChI=1S/C10H16N4O2S/c1-7(6-17-2)5-12-9-4-3-8(14(15)16)10(11)13-9/h3-4,7H,5-6H2,1-2H3,(H3,11,12,13). The zero-order valence-corrected chi connectivity index (χ0v) is 10.7. The first-order valence-corrected chi connectivity index (χ1v) is 6.57. The summed E-state index contributed by atoms with van der Waals surface area (Å²) in [4.78, 5) is 14.0. The predicted octanol–water partition coefficient (Wildman–Crippen LogP) is 1.98. The van der Waals surface area contributed by atoms with Crippen molar-refractivity contribution < 1.29 is 4.92 Å². The number of nitrogen functional groups attached to an aromatic ring is 1. The molecule has 0 aliphatic carbocycles. The molecular weight excluding hydrogens is 240 g/mol. The van der Waals surface area contributed by atoms with Crippen molar-refractivity contribution in [2.45, 2.75) is 6.92 Å². The summed E-state index contributed by atoms with van der Waals surface area (Å²) in [5.74, 6) is 2.07. The summed E-state index contributed by atoms with van der Waals surface area (Å²) in [6.45, 7) is 2.89. The first-order chi connectivity index (χ1) is 8.04. The highest BCUT2D eigenvalue weighted by Crippen LogP contribution is 2.20. The molecule has 0 aliphatic heterocycles. The number of hydrogen-bond donors (Lipinski definition) is 2. The second-order valence-electron chi connectivity index (χ2n) is 3.80. The Labute approximate surface area is 104 Å². The maximum absolute atomic E-state index is 10.5. The van der Waals surface area contributed by atoms with Crippen molar-refractivity contribution in [1.82, 2.24) is 4.98 Å². The van der Waals surface area contributed by atoms with Crippen molar-refractivity contribution in [2.75, 3.05) is 29.6 Å². The van der Waals surface area contributed by atoms with E-state index in [1.807, 2.05) is 0 Å². The average molecular weight is 256 g/mol. The van der Waals surface area contributed by atoms with Gasteiger partial charge in [-0.25, -0.2) is 4.98 Å². The zero-order chi connectivity index (χ0) is 12.8. The summed E-state index contributed by atoms with van der Waals surface area (Å²) in [7, 11) is 0. The maximum Gasteiger partial charge on any atom is 0.311 e. The maximum atomic E-state index is 10.5. The molecule has 0 bridgehead atoms. The molecule has 0 fully saturated rings. The van der Waals surface area contributed by atoms with E-state index in [0.29, 0.717) is 11.7 Å². The molecule has 1 aromatic rings. The molecule has 0 saturated heterocycles. The highest BCUT2D eigenvalue weighted by Gasteiger charge is 2.12. The van der Waals surface area contributed by atoms with Gasteiger partial charge < -0.3 is 11.1 Å². The van der Waals surface area contributed by atoms with E-state index in [1.165, 1.54) is 6.07 Å². The molecule has 0 radical (unpaired) electrons. The molecule has 6 nitrogen and oxygen atoms in total. The van der Waals surface area contributed by atoms with Gasteiger partial charge in [-0.05, 0) is 24.0 Å². The third-order valence-electron chi connectivity index (χ3n) is 2.18. The lowest BCUT2D eigenvalue weighted by molar-refractivity contribution is -0.384. The smallest absolute Gasteiger partial charge is 0.311 e. The lowest BCUT2D eigenvalue weighted by Gasteiger charge is -2.11. The van der Waals surface area contributed by atoms with Crippen molar-refractivity contribution in [1.29, 1.82) is 0 Å². The van der Waals surface area contributed by atoms with E-state index in [2.05, 4.69) is 23.5 Å². The normalized spacial score (nSPS) is 12.1. The molecule has 1 unspecified atom stereocenters. The lowest BCUT2D eigenvalue weighted by Crippen LogP contribution is -2.14. The van der Waals surface area contributed by atoms with Crippen LogP contribution in [0.25, 0.3) is 0 Å². The van der Waals surface area contributed by atoms with Crippen molar-refractivity contribution in [3.05, 3.63) is 22.2 Å². The molecule has 0 spiro atoms. The van der Waals surface area contributed by atoms with E-state index in [-0.39, 0.29) is 11.5 Å². The fraction of sp³-hybridized carbons (Fsp3) is 0.500. The Morgan fingerprint density at radius 2 is 2.35 bits per heavy atom. The quantitative estimate of drug-likeness (QED) is 0.597. The van der Waals surface area contributed by atoms with E-state index in [4.69, 9.17) is 5.73 Å². The van der Waals surface area contributed by atoms with E-state index >= 15 is 0 Å². The highest BCUT2D eigenvalue weighted by atomic mass is 32.2. The van der Waals surface area contributed by atoms with Gasteiger partial charge in [-0.15, -0.1) is 0 Å². The van der Waals surface area contributed by atoms with Gasteiger partial charge in [0.05, 0.1) is 4.92 Å². The summed E-state index contributed by atoms with van der Waals surface area (Å²) in [6, 6.07) is 2.93. The van der Waals surface area contributed by atoms with Crippen LogP contribution in [0.15, 0.2) is 12.1 Å². The summed E-state index contributed by atoms with van der Waals surface area (Å²) in [6.07, 6.45) is 2.05. The minimum absolute atomic E-state index is 0.0579. The molecule has 1 aromatic heterocycles. The number of hydrogen-bond acceptors (Lipinski definition) is 6. The van der Waals surface area contributed by atoms with Gasteiger partial charge in [0.15, 0.2) is 0 Å². The summed E-state index contributed by atoms with van der Waals surface area (Å²) >= 11 is 1.78. The van der Waals surface area contributed by atoms with Gasteiger partial charge in [-0.2, -0.15) is 11.8 Å². The van der Waals surface area contributed by atoms with Crippen molar-refractivity contribution in [3.8, 4) is 0 Å². The Morgan fingerprint density at radius 1 is 1.65 bits per heavy atom. The number of anilines is 2. The van der Waals surface area contributed by atoms with Crippen LogP contribution in [0.1, 0.15) is 6.92 Å². The molecule has 1 atom stereocenters. The average Bonchev–Trinajstić information content (AvgIpc) is 2.26. The molecule has 94 valence electrons. The number of rotatable bonds is 6. The number of thioether (sulfide) groups is 1. The Balaban J connectivity index is 2.62. The van der Waals surface area contributed by atoms with E-state index in [9.17, 15) is 10.1 Å². The van der Waals surface area contributed by atoms with Gasteiger partial charge in [0.25, 0.3) is 0 Å². The van der Waals surface area contributed by atoms with E-state index in [0.717, 1.165) is 12.3 Å². The van der Waals surface area contributed by atoms with Crippen LogP contribution in [0.5, 0.6) is 0 Å². The molecule has 7 heteroatoms. The van der Waals surface area contributed by atoms with Crippen molar-refractivity contribution in [3.63, 3.8) is 0 Å². The van der Waals surface area contributed by atoms with Crippen LogP contribution in [-0.2, 0) is 0 Å². The molecular formula is C10H16N4O2S. The van der Waals surface area contributed by atoms with Crippen LogP contribution in [0.3, 0.4) is 0 Å². The van der Waals surface area contributed by atoms with Gasteiger partial charge in [0, 0.05) is 12.6 Å². The minimum atomic E-state index is -0.539. The number of nitrogens with zero attached hydrogens (tertiary/aromatic N) is 2. The van der Waals surface area contributed by atoms with E-state index < -0.39 is 4.92 Å². The van der Waals surface area contributed by atoms with Crippen molar-refractivity contribution in [2.24, 2.45) is 5.92 Å². The van der Waals surface area contributed by atoms with Gasteiger partial charge in [0.1, 0.15) is 5.82 Å². The Hall–Kier alpha value is -1.50. The number of nitrogens with two attached hydrogens (primary N) is 1. The van der Waals surface area contributed by atoms with Gasteiger partial charge in [-0.3, -0.25) is 10.1 Å². The van der Waals surface area contributed by atoms with Crippen LogP contribution < -0.4 is 11.1 Å². The monoisotopic (exact) mass is 256 g/mol. The van der Waals surface area contributed by atoms with E-state index in [1.54, 1.807) is 17.8 Å². The first-order valence-electron chi connectivity index (χ1n) is 5.18. The van der Waals surface area contributed by atoms with Gasteiger partial charge in [-0.1, -0.05) is 6.92 Å². The largest absolute Gasteiger partial charge is 0.378 e. The lowest BCUT2D eigenvalue weighted by atomic mass is 10.2. The first kappa shape index (κ1) is 13.6. The summed E-state index contributed by atoms with van der Waals surface area (Å²) < 4.78 is 0. The molecule has 3 N–H and O–H groups in total. The van der Waals surface area contributed by atoms with Crippen LogP contribution >= 0.6 is 11.8 Å². The molecule has 1 rings (SSSR count). The number of aromatic nitrogens is 1. The Kier molecular flexibility index (Phi) is 5.02. The summed E-state index contributed by atoms with van der Waals surface area (Å²) in [5, 5.41) is 13.7. The number of nitrogens with one attached hydrogen (secondary N) is 1. The SMILES string of the molecule is CSCC(C)CNc1ccc([N+](=O)[O-])c(N)n1. The Bertz CT molecular complexity index is 400. The molecule has 0 aromatic carbocycles. The topological polar surface area (TPSA) is 94.1 Å². The Morgan fingerprint density at radius 3 is 2.88 bits per heavy atom. The zero-order valence-electron chi connectivity index (χ0n) is 9.84. The fourth-order valence-electron chi connectivity index (χ4n) is 1.34. The number of pyridine rings is 1. The minimum Gasteiger partial charge on any atom is -0.378 e. The van der Waals surface area contributed by atoms with Gasteiger partial charge in [0.2, 0.25) is 5.82 Å². The second-order valence-corrected chi connectivity index (χ2v) is 4.71. The third-order valence-corrected chi connectivity index (χ3v) is 3.08. The van der Waals surface area contributed by atoms with Gasteiger partial charge >= 0.3 is 5.69 Å². The third kappa shape index (κ3) is 4.10. The predicted molar refractivity (Wildman–Crippen MR) is 71.3 cm³/mol. The molecule has 17 heavy (non-hydrogen) atoms. The van der Waals surface area contributed by atoms with Crippen LogP contribution in [0, 0.1) is 16.0 Å².